The zero-order valence-electron chi connectivity index (χ0n) is 10.5. The van der Waals surface area contributed by atoms with Gasteiger partial charge in [-0.1, -0.05) is 0 Å². The average molecular weight is 345 g/mol. The molecule has 2 saturated carbocycles. The highest BCUT2D eigenvalue weighted by molar-refractivity contribution is 9.10. The molecular weight excluding hydrogens is 328 g/mol. The third-order valence-electron chi connectivity index (χ3n) is 3.66. The van der Waals surface area contributed by atoms with Crippen molar-refractivity contribution < 1.29 is 8.42 Å². The minimum atomic E-state index is -3.40. The first kappa shape index (κ1) is 13.4. The third kappa shape index (κ3) is 2.80. The van der Waals surface area contributed by atoms with Gasteiger partial charge in [0, 0.05) is 22.7 Å². The van der Waals surface area contributed by atoms with Crippen LogP contribution in [-0.2, 0) is 10.0 Å². The molecule has 6 heteroatoms. The van der Waals surface area contributed by atoms with Crippen LogP contribution in [-0.4, -0.2) is 25.3 Å². The fraction of sp³-hybridized carbons (Fsp3) is 0.538. The summed E-state index contributed by atoms with van der Waals surface area (Å²) in [6.45, 7) is 0.670. The monoisotopic (exact) mass is 344 g/mol. The van der Waals surface area contributed by atoms with Crippen LogP contribution >= 0.6 is 15.9 Å². The number of hydrogen-bond acceptors (Lipinski definition) is 3. The van der Waals surface area contributed by atoms with Crippen LogP contribution < -0.4 is 5.73 Å². The second-order valence-electron chi connectivity index (χ2n) is 5.43. The summed E-state index contributed by atoms with van der Waals surface area (Å²) in [7, 11) is -3.40. The minimum absolute atomic E-state index is 0.204. The molecule has 2 aliphatic carbocycles. The minimum Gasteiger partial charge on any atom is -0.398 e. The molecule has 0 heterocycles. The topological polar surface area (TPSA) is 63.4 Å². The number of rotatable bonds is 5. The van der Waals surface area contributed by atoms with E-state index in [-0.39, 0.29) is 6.04 Å². The molecule has 1 aromatic rings. The maximum absolute atomic E-state index is 12.7. The fourth-order valence-electron chi connectivity index (χ4n) is 2.18. The molecule has 0 radical (unpaired) electrons. The Labute approximate surface area is 122 Å². The second-order valence-corrected chi connectivity index (χ2v) is 8.18. The molecule has 3 rings (SSSR count). The van der Waals surface area contributed by atoms with Crippen molar-refractivity contribution in [3.63, 3.8) is 0 Å². The molecule has 0 spiro atoms. The van der Waals surface area contributed by atoms with Gasteiger partial charge in [0.05, 0.1) is 4.90 Å². The highest BCUT2D eigenvalue weighted by atomic mass is 79.9. The molecule has 0 saturated heterocycles. The van der Waals surface area contributed by atoms with Crippen LogP contribution in [0.3, 0.4) is 0 Å². The zero-order valence-corrected chi connectivity index (χ0v) is 13.0. The van der Waals surface area contributed by atoms with E-state index in [1.54, 1.807) is 22.5 Å². The van der Waals surface area contributed by atoms with Gasteiger partial charge in [0.25, 0.3) is 0 Å². The van der Waals surface area contributed by atoms with E-state index in [1.807, 2.05) is 0 Å². The van der Waals surface area contributed by atoms with Crippen LogP contribution in [0.1, 0.15) is 25.7 Å². The number of nitrogen functional groups attached to an aromatic ring is 1. The molecule has 0 aromatic heterocycles. The lowest BCUT2D eigenvalue weighted by molar-refractivity contribution is 0.389. The molecule has 0 atom stereocenters. The van der Waals surface area contributed by atoms with Crippen molar-refractivity contribution in [2.45, 2.75) is 36.6 Å². The van der Waals surface area contributed by atoms with E-state index in [2.05, 4.69) is 15.9 Å². The van der Waals surface area contributed by atoms with E-state index in [9.17, 15) is 8.42 Å². The summed E-state index contributed by atoms with van der Waals surface area (Å²) in [5.74, 6) is 0.558. The molecule has 0 aliphatic heterocycles. The maximum Gasteiger partial charge on any atom is 0.243 e. The number of anilines is 1. The summed E-state index contributed by atoms with van der Waals surface area (Å²) >= 11 is 3.29. The molecule has 0 unspecified atom stereocenters. The maximum atomic E-state index is 12.7. The van der Waals surface area contributed by atoms with Gasteiger partial charge in [-0.2, -0.15) is 4.31 Å². The number of benzene rings is 1. The van der Waals surface area contributed by atoms with E-state index in [4.69, 9.17) is 5.73 Å². The normalized spacial score (nSPS) is 19.9. The quantitative estimate of drug-likeness (QED) is 0.835. The van der Waals surface area contributed by atoms with Gasteiger partial charge in [-0.15, -0.1) is 0 Å². The van der Waals surface area contributed by atoms with Crippen LogP contribution in [0.5, 0.6) is 0 Å². The summed E-state index contributed by atoms with van der Waals surface area (Å²) in [6.07, 6.45) is 4.28. The van der Waals surface area contributed by atoms with Crippen LogP contribution in [0, 0.1) is 5.92 Å². The molecule has 2 fully saturated rings. The Balaban J connectivity index is 1.92. The first-order valence-corrected chi connectivity index (χ1v) is 8.78. The van der Waals surface area contributed by atoms with E-state index in [1.165, 1.54) is 0 Å². The van der Waals surface area contributed by atoms with Crippen molar-refractivity contribution in [2.75, 3.05) is 12.3 Å². The Morgan fingerprint density at radius 3 is 2.47 bits per heavy atom. The Kier molecular flexibility index (Phi) is 3.35. The van der Waals surface area contributed by atoms with Crippen LogP contribution in [0.25, 0.3) is 0 Å². The molecule has 4 nitrogen and oxygen atoms in total. The Hall–Kier alpha value is -0.590. The Morgan fingerprint density at radius 2 is 1.95 bits per heavy atom. The molecule has 19 heavy (non-hydrogen) atoms. The lowest BCUT2D eigenvalue weighted by Gasteiger charge is -2.22. The second kappa shape index (κ2) is 4.75. The van der Waals surface area contributed by atoms with E-state index in [0.29, 0.717) is 23.0 Å². The van der Waals surface area contributed by atoms with Gasteiger partial charge >= 0.3 is 0 Å². The molecular formula is C13H17BrN2O2S. The Morgan fingerprint density at radius 1 is 1.26 bits per heavy atom. The van der Waals surface area contributed by atoms with Crippen molar-refractivity contribution in [1.82, 2.24) is 4.31 Å². The summed E-state index contributed by atoms with van der Waals surface area (Å²) < 4.78 is 27.8. The predicted molar refractivity (Wildman–Crippen MR) is 78.2 cm³/mol. The lowest BCUT2D eigenvalue weighted by Crippen LogP contribution is -2.35. The van der Waals surface area contributed by atoms with Gasteiger partial charge in [-0.05, 0) is 65.7 Å². The average Bonchev–Trinajstić information content (AvgIpc) is 3.23. The van der Waals surface area contributed by atoms with Gasteiger partial charge in [0.1, 0.15) is 0 Å². The van der Waals surface area contributed by atoms with Gasteiger partial charge in [0.2, 0.25) is 10.0 Å². The summed E-state index contributed by atoms with van der Waals surface area (Å²) in [4.78, 5) is 0.306. The number of nitrogens with zero attached hydrogens (tertiary/aromatic N) is 1. The Bertz CT molecular complexity index is 595. The number of halogens is 1. The van der Waals surface area contributed by atoms with Gasteiger partial charge in [0.15, 0.2) is 0 Å². The van der Waals surface area contributed by atoms with Crippen molar-refractivity contribution >= 4 is 31.6 Å². The smallest absolute Gasteiger partial charge is 0.243 e. The molecule has 0 bridgehead atoms. The largest absolute Gasteiger partial charge is 0.398 e. The highest BCUT2D eigenvalue weighted by Gasteiger charge is 2.41. The van der Waals surface area contributed by atoms with E-state index >= 15 is 0 Å². The van der Waals surface area contributed by atoms with Crippen LogP contribution in [0.15, 0.2) is 27.6 Å². The summed E-state index contributed by atoms with van der Waals surface area (Å²) in [5, 5.41) is 0. The summed E-state index contributed by atoms with van der Waals surface area (Å²) in [6, 6.07) is 5.07. The van der Waals surface area contributed by atoms with Crippen LogP contribution in [0.2, 0.25) is 0 Å². The number of nitrogens with two attached hydrogens (primary N) is 1. The molecule has 2 aliphatic rings. The van der Waals surface area contributed by atoms with Crippen molar-refractivity contribution in [1.29, 1.82) is 0 Å². The summed E-state index contributed by atoms with van der Waals surface area (Å²) in [5.41, 5.74) is 6.25. The molecule has 0 amide bonds. The third-order valence-corrected chi connectivity index (χ3v) is 6.30. The van der Waals surface area contributed by atoms with E-state index in [0.717, 1.165) is 30.2 Å². The predicted octanol–water partition coefficient (Wildman–Crippen LogP) is 2.59. The highest BCUT2D eigenvalue weighted by Crippen LogP contribution is 2.38. The van der Waals surface area contributed by atoms with Gasteiger partial charge in [-0.25, -0.2) is 8.42 Å². The van der Waals surface area contributed by atoms with Gasteiger partial charge in [-0.3, -0.25) is 0 Å². The van der Waals surface area contributed by atoms with Crippen molar-refractivity contribution in [2.24, 2.45) is 5.92 Å². The van der Waals surface area contributed by atoms with Crippen LogP contribution in [0.4, 0.5) is 5.69 Å². The first-order chi connectivity index (χ1) is 8.98. The van der Waals surface area contributed by atoms with Crippen molar-refractivity contribution in [3.05, 3.63) is 22.7 Å². The first-order valence-electron chi connectivity index (χ1n) is 6.55. The van der Waals surface area contributed by atoms with E-state index < -0.39 is 10.0 Å². The molecule has 104 valence electrons. The van der Waals surface area contributed by atoms with Gasteiger partial charge < -0.3 is 5.73 Å². The fourth-order valence-corrected chi connectivity index (χ4v) is 4.22. The number of sulfonamides is 1. The number of hydrogen-bond donors (Lipinski definition) is 1. The zero-order chi connectivity index (χ0) is 13.6. The molecule has 1 aromatic carbocycles. The SMILES string of the molecule is Nc1cc(S(=O)(=O)N(CC2CC2)C2CC2)ccc1Br. The lowest BCUT2D eigenvalue weighted by atomic mass is 10.3. The van der Waals surface area contributed by atoms with Crippen molar-refractivity contribution in [3.8, 4) is 0 Å². The standard InChI is InChI=1S/C13H17BrN2O2S/c14-12-6-5-11(7-13(12)15)19(17,18)16(10-3-4-10)8-9-1-2-9/h5-7,9-10H,1-4,8,15H2. The molecule has 2 N–H and O–H groups in total.